The number of hydrogen-bond donors (Lipinski definition) is 0. The fraction of sp³-hybridized carbons (Fsp3) is 0.143. The smallest absolute Gasteiger partial charge is 0.287 e. The molecule has 1 aliphatic heterocycles. The first-order chi connectivity index (χ1) is 10.0. The van der Waals surface area contributed by atoms with Crippen LogP contribution in [0, 0.1) is 0 Å². The minimum atomic E-state index is -3.70. The SMILES string of the molecule is COc1cccc(N2C(C)=NS(=O)(=O)c3cccnc32)c1. The van der Waals surface area contributed by atoms with Crippen molar-refractivity contribution in [2.45, 2.75) is 11.8 Å². The Morgan fingerprint density at radius 1 is 1.19 bits per heavy atom. The molecule has 0 fully saturated rings. The van der Waals surface area contributed by atoms with E-state index in [1.165, 1.54) is 6.07 Å². The Morgan fingerprint density at radius 3 is 2.76 bits per heavy atom. The summed E-state index contributed by atoms with van der Waals surface area (Å²) in [4.78, 5) is 5.99. The molecular formula is C14H13N3O3S. The first-order valence-electron chi connectivity index (χ1n) is 6.24. The number of sulfonamides is 1. The van der Waals surface area contributed by atoms with Gasteiger partial charge >= 0.3 is 0 Å². The number of amidine groups is 1. The van der Waals surface area contributed by atoms with Gasteiger partial charge in [-0.15, -0.1) is 4.40 Å². The van der Waals surface area contributed by atoms with E-state index in [0.717, 1.165) is 5.69 Å². The molecule has 0 saturated carbocycles. The maximum Gasteiger partial charge on any atom is 0.287 e. The highest BCUT2D eigenvalue weighted by molar-refractivity contribution is 7.90. The van der Waals surface area contributed by atoms with Crippen LogP contribution in [-0.2, 0) is 10.0 Å². The molecule has 0 N–H and O–H groups in total. The number of hydrogen-bond acceptors (Lipinski definition) is 5. The molecule has 2 heterocycles. The fourth-order valence-electron chi connectivity index (χ4n) is 2.23. The Morgan fingerprint density at radius 2 is 2.00 bits per heavy atom. The lowest BCUT2D eigenvalue weighted by Crippen LogP contribution is -2.30. The number of ether oxygens (including phenoxy) is 1. The van der Waals surface area contributed by atoms with E-state index in [-0.39, 0.29) is 4.90 Å². The monoisotopic (exact) mass is 303 g/mol. The van der Waals surface area contributed by atoms with Crippen LogP contribution in [0.4, 0.5) is 11.5 Å². The van der Waals surface area contributed by atoms with Crippen LogP contribution >= 0.6 is 0 Å². The quantitative estimate of drug-likeness (QED) is 0.851. The van der Waals surface area contributed by atoms with Crippen LogP contribution in [0.25, 0.3) is 0 Å². The summed E-state index contributed by atoms with van der Waals surface area (Å²) in [6, 6.07) is 10.4. The van der Waals surface area contributed by atoms with E-state index in [4.69, 9.17) is 4.74 Å². The lowest BCUT2D eigenvalue weighted by Gasteiger charge is -2.28. The summed E-state index contributed by atoms with van der Waals surface area (Å²) >= 11 is 0. The molecule has 1 aliphatic rings. The molecule has 0 spiro atoms. The number of benzene rings is 1. The zero-order valence-corrected chi connectivity index (χ0v) is 12.3. The fourth-order valence-corrected chi connectivity index (χ4v) is 3.38. The molecule has 1 aromatic carbocycles. The van der Waals surface area contributed by atoms with E-state index >= 15 is 0 Å². The Labute approximate surface area is 122 Å². The van der Waals surface area contributed by atoms with E-state index in [2.05, 4.69) is 9.38 Å². The average molecular weight is 303 g/mol. The van der Waals surface area contributed by atoms with Crippen LogP contribution in [0.5, 0.6) is 5.75 Å². The van der Waals surface area contributed by atoms with Crippen LogP contribution in [0.3, 0.4) is 0 Å². The third-order valence-corrected chi connectivity index (χ3v) is 4.51. The van der Waals surface area contributed by atoms with Crippen LogP contribution in [0.2, 0.25) is 0 Å². The van der Waals surface area contributed by atoms with Gasteiger partial charge in [-0.1, -0.05) is 6.07 Å². The summed E-state index contributed by atoms with van der Waals surface area (Å²) in [6.45, 7) is 1.63. The maximum absolute atomic E-state index is 12.1. The lowest BCUT2D eigenvalue weighted by molar-refractivity contribution is 0.415. The number of anilines is 2. The topological polar surface area (TPSA) is 71.9 Å². The van der Waals surface area contributed by atoms with Crippen LogP contribution in [-0.4, -0.2) is 26.3 Å². The van der Waals surface area contributed by atoms with E-state index in [1.807, 2.05) is 18.2 Å². The molecule has 6 nitrogen and oxygen atoms in total. The molecule has 0 amide bonds. The van der Waals surface area contributed by atoms with Gasteiger partial charge in [-0.3, -0.25) is 4.90 Å². The van der Waals surface area contributed by atoms with E-state index in [1.54, 1.807) is 37.3 Å². The number of methoxy groups -OCH3 is 1. The maximum atomic E-state index is 12.1. The average Bonchev–Trinajstić information content (AvgIpc) is 2.47. The Hall–Kier alpha value is -2.41. The Bertz CT molecular complexity index is 831. The Kier molecular flexibility index (Phi) is 3.13. The third-order valence-electron chi connectivity index (χ3n) is 3.13. The van der Waals surface area contributed by atoms with Crippen molar-refractivity contribution >= 4 is 27.4 Å². The second-order valence-corrected chi connectivity index (χ2v) is 6.05. The highest BCUT2D eigenvalue weighted by Gasteiger charge is 2.30. The van der Waals surface area contributed by atoms with E-state index in [9.17, 15) is 8.42 Å². The van der Waals surface area contributed by atoms with Gasteiger partial charge in [-0.05, 0) is 31.2 Å². The zero-order valence-electron chi connectivity index (χ0n) is 11.5. The summed E-state index contributed by atoms with van der Waals surface area (Å²) in [6.07, 6.45) is 1.56. The second-order valence-electron chi connectivity index (χ2n) is 4.48. The molecule has 0 aliphatic carbocycles. The number of pyridine rings is 1. The molecule has 0 atom stereocenters. The summed E-state index contributed by atoms with van der Waals surface area (Å²) in [7, 11) is -2.12. The van der Waals surface area contributed by atoms with Gasteiger partial charge in [-0.25, -0.2) is 4.98 Å². The van der Waals surface area contributed by atoms with Crippen molar-refractivity contribution in [2.24, 2.45) is 4.40 Å². The van der Waals surface area contributed by atoms with Gasteiger partial charge in [0.25, 0.3) is 10.0 Å². The van der Waals surface area contributed by atoms with Gasteiger partial charge in [0.2, 0.25) is 0 Å². The molecular weight excluding hydrogens is 290 g/mol. The second kappa shape index (κ2) is 4.85. The Balaban J connectivity index is 2.23. The highest BCUT2D eigenvalue weighted by atomic mass is 32.2. The summed E-state index contributed by atoms with van der Waals surface area (Å²) < 4.78 is 33.2. The molecule has 7 heteroatoms. The van der Waals surface area contributed by atoms with Crippen molar-refractivity contribution in [3.8, 4) is 5.75 Å². The highest BCUT2D eigenvalue weighted by Crippen LogP contribution is 2.35. The van der Waals surface area contributed by atoms with Crippen molar-refractivity contribution in [1.29, 1.82) is 0 Å². The first kappa shape index (κ1) is 13.6. The lowest BCUT2D eigenvalue weighted by atomic mass is 10.2. The minimum absolute atomic E-state index is 0.0958. The molecule has 3 rings (SSSR count). The molecule has 2 aromatic rings. The third kappa shape index (κ3) is 2.25. The van der Waals surface area contributed by atoms with Crippen LogP contribution in [0.15, 0.2) is 51.9 Å². The van der Waals surface area contributed by atoms with Crippen LogP contribution in [0.1, 0.15) is 6.92 Å². The van der Waals surface area contributed by atoms with Crippen molar-refractivity contribution in [3.63, 3.8) is 0 Å². The molecule has 1 aromatic heterocycles. The van der Waals surface area contributed by atoms with Crippen molar-refractivity contribution in [3.05, 3.63) is 42.6 Å². The molecule has 0 bridgehead atoms. The van der Waals surface area contributed by atoms with E-state index in [0.29, 0.717) is 17.4 Å². The van der Waals surface area contributed by atoms with Gasteiger partial charge in [0.15, 0.2) is 5.82 Å². The van der Waals surface area contributed by atoms with Crippen molar-refractivity contribution in [2.75, 3.05) is 12.0 Å². The molecule has 0 unspecified atom stereocenters. The standard InChI is InChI=1S/C14H13N3O3S/c1-10-16-21(18,19)13-7-4-8-15-14(13)17(10)11-5-3-6-12(9-11)20-2/h3-9H,1-2H3. The number of fused-ring (bicyclic) bond motifs is 1. The number of nitrogens with zero attached hydrogens (tertiary/aromatic N) is 3. The van der Waals surface area contributed by atoms with Gasteiger partial charge in [-0.2, -0.15) is 8.42 Å². The molecule has 0 saturated heterocycles. The van der Waals surface area contributed by atoms with Crippen molar-refractivity contribution in [1.82, 2.24) is 4.98 Å². The van der Waals surface area contributed by atoms with Gasteiger partial charge in [0.1, 0.15) is 16.5 Å². The van der Waals surface area contributed by atoms with Gasteiger partial charge in [0, 0.05) is 12.3 Å². The summed E-state index contributed by atoms with van der Waals surface area (Å²) in [5.74, 6) is 1.36. The van der Waals surface area contributed by atoms with Gasteiger partial charge < -0.3 is 4.74 Å². The van der Waals surface area contributed by atoms with E-state index < -0.39 is 10.0 Å². The predicted molar refractivity (Wildman–Crippen MR) is 79.7 cm³/mol. The number of rotatable bonds is 2. The van der Waals surface area contributed by atoms with Crippen molar-refractivity contribution < 1.29 is 13.2 Å². The first-order valence-corrected chi connectivity index (χ1v) is 7.68. The molecule has 108 valence electrons. The largest absolute Gasteiger partial charge is 0.497 e. The molecule has 21 heavy (non-hydrogen) atoms. The normalized spacial score (nSPS) is 16.1. The molecule has 0 radical (unpaired) electrons. The van der Waals surface area contributed by atoms with Crippen LogP contribution < -0.4 is 9.64 Å². The number of aromatic nitrogens is 1. The predicted octanol–water partition coefficient (Wildman–Crippen LogP) is 2.35. The minimum Gasteiger partial charge on any atom is -0.497 e. The summed E-state index contributed by atoms with van der Waals surface area (Å²) in [5, 5.41) is 0. The summed E-state index contributed by atoms with van der Waals surface area (Å²) in [5.41, 5.74) is 0.741. The van der Waals surface area contributed by atoms with Gasteiger partial charge in [0.05, 0.1) is 12.8 Å². The zero-order chi connectivity index (χ0) is 15.0.